The molecule has 2 aliphatic carbocycles. The molecule has 0 aliphatic heterocycles. The van der Waals surface area contributed by atoms with E-state index in [1.807, 2.05) is 42.5 Å². The summed E-state index contributed by atoms with van der Waals surface area (Å²) >= 11 is 0. The smallest absolute Gasteiger partial charge is 0.315 e. The Balaban J connectivity index is 1.28. The van der Waals surface area contributed by atoms with Crippen LogP contribution in [-0.4, -0.2) is 28.6 Å². The van der Waals surface area contributed by atoms with E-state index >= 15 is 0 Å². The zero-order valence-electron chi connectivity index (χ0n) is 18.4. The van der Waals surface area contributed by atoms with Gasteiger partial charge in [0.15, 0.2) is 0 Å². The number of ether oxygens (including phenoxy) is 1. The van der Waals surface area contributed by atoms with Gasteiger partial charge in [0.2, 0.25) is 11.8 Å². The average Bonchev–Trinajstić information content (AvgIpc) is 3.51. The fraction of sp³-hybridized carbons (Fsp3) is 0.480. The van der Waals surface area contributed by atoms with Crippen molar-refractivity contribution in [2.24, 2.45) is 0 Å². The zero-order valence-corrected chi connectivity index (χ0v) is 18.4. The van der Waals surface area contributed by atoms with Crippen LogP contribution in [-0.2, 0) is 17.9 Å². The first-order valence-electron chi connectivity index (χ1n) is 11.6. The monoisotopic (exact) mass is 436 g/mol. The Hall–Kier alpha value is -3.09. The second-order valence-corrected chi connectivity index (χ2v) is 8.79. The molecule has 0 atom stereocenters. The minimum atomic E-state index is -0.861. The molecule has 3 amide bonds. The number of nitrogens with one attached hydrogen (secondary N) is 3. The lowest BCUT2D eigenvalue weighted by Gasteiger charge is -2.29. The second-order valence-electron chi connectivity index (χ2n) is 8.79. The van der Waals surface area contributed by atoms with Crippen LogP contribution in [0.5, 0.6) is 5.88 Å². The molecule has 0 bridgehead atoms. The number of aromatic nitrogens is 1. The summed E-state index contributed by atoms with van der Waals surface area (Å²) in [5.41, 5.74) is 1.05. The van der Waals surface area contributed by atoms with Gasteiger partial charge in [0.1, 0.15) is 11.6 Å². The minimum Gasteiger partial charge on any atom is -0.474 e. The van der Waals surface area contributed by atoms with Crippen LogP contribution in [0.2, 0.25) is 0 Å². The summed E-state index contributed by atoms with van der Waals surface area (Å²) in [6.45, 7) is 0.788. The van der Waals surface area contributed by atoms with Crippen LogP contribution in [0.15, 0.2) is 48.7 Å². The van der Waals surface area contributed by atoms with Crippen LogP contribution in [0.25, 0.3) is 0 Å². The quantitative estimate of drug-likeness (QED) is 0.586. The number of carbonyl (C=O) groups is 2. The van der Waals surface area contributed by atoms with E-state index in [1.165, 1.54) is 12.8 Å². The third kappa shape index (κ3) is 5.78. The summed E-state index contributed by atoms with van der Waals surface area (Å²) < 4.78 is 5.90. The molecule has 7 heteroatoms. The first-order valence-corrected chi connectivity index (χ1v) is 11.6. The molecule has 2 fully saturated rings. The van der Waals surface area contributed by atoms with Crippen molar-refractivity contribution in [1.29, 1.82) is 0 Å². The molecule has 2 aliphatic rings. The first kappa shape index (κ1) is 22.1. The lowest BCUT2D eigenvalue weighted by atomic mass is 9.96. The Bertz CT molecular complexity index is 889. The number of pyridine rings is 1. The van der Waals surface area contributed by atoms with Crippen molar-refractivity contribution in [3.63, 3.8) is 0 Å². The van der Waals surface area contributed by atoms with Crippen LogP contribution in [0.1, 0.15) is 62.5 Å². The Labute approximate surface area is 189 Å². The highest BCUT2D eigenvalue weighted by molar-refractivity contribution is 5.91. The van der Waals surface area contributed by atoms with Gasteiger partial charge in [-0.2, -0.15) is 0 Å². The fourth-order valence-corrected chi connectivity index (χ4v) is 4.54. The Morgan fingerprint density at radius 1 is 0.906 bits per heavy atom. The van der Waals surface area contributed by atoms with Gasteiger partial charge < -0.3 is 20.7 Å². The third-order valence-corrected chi connectivity index (χ3v) is 6.38. The van der Waals surface area contributed by atoms with Gasteiger partial charge in [-0.05, 0) is 49.7 Å². The summed E-state index contributed by atoms with van der Waals surface area (Å²) in [6.07, 6.45) is 9.75. The van der Waals surface area contributed by atoms with Crippen LogP contribution < -0.4 is 20.7 Å². The van der Waals surface area contributed by atoms with Crippen molar-refractivity contribution in [2.75, 3.05) is 0 Å². The molecule has 1 aromatic carbocycles. The standard InChI is InChI=1S/C25H32N4O3/c30-23(27-18-20-12-13-22(26-17-20)32-21-10-4-5-11-21)25(14-6-7-15-25)29-24(31)28-16-19-8-2-1-3-9-19/h1-3,8-9,12-13,17,21H,4-7,10-11,14-16,18H2,(H,27,30)(H2,28,29,31). The van der Waals surface area contributed by atoms with E-state index in [4.69, 9.17) is 4.74 Å². The molecule has 0 spiro atoms. The summed E-state index contributed by atoms with van der Waals surface area (Å²) in [4.78, 5) is 29.9. The highest BCUT2D eigenvalue weighted by Crippen LogP contribution is 2.30. The minimum absolute atomic E-state index is 0.142. The van der Waals surface area contributed by atoms with E-state index in [9.17, 15) is 9.59 Å². The molecule has 4 rings (SSSR count). The average molecular weight is 437 g/mol. The normalized spacial score (nSPS) is 17.6. The largest absolute Gasteiger partial charge is 0.474 e. The number of hydrogen-bond donors (Lipinski definition) is 3. The summed E-state index contributed by atoms with van der Waals surface area (Å²) in [6, 6.07) is 13.2. The predicted octanol–water partition coefficient (Wildman–Crippen LogP) is 3.83. The predicted molar refractivity (Wildman–Crippen MR) is 122 cm³/mol. The molecule has 0 saturated heterocycles. The molecule has 1 heterocycles. The molecular formula is C25H32N4O3. The van der Waals surface area contributed by atoms with Gasteiger partial charge in [-0.1, -0.05) is 49.2 Å². The van der Waals surface area contributed by atoms with Gasteiger partial charge in [-0.3, -0.25) is 4.79 Å². The van der Waals surface area contributed by atoms with E-state index < -0.39 is 5.54 Å². The van der Waals surface area contributed by atoms with Crippen LogP contribution in [0, 0.1) is 0 Å². The number of hydrogen-bond acceptors (Lipinski definition) is 4. The Kier molecular flexibility index (Phi) is 7.24. The van der Waals surface area contributed by atoms with Gasteiger partial charge in [-0.15, -0.1) is 0 Å². The van der Waals surface area contributed by atoms with Crippen molar-refractivity contribution in [2.45, 2.75) is 76.1 Å². The van der Waals surface area contributed by atoms with Crippen LogP contribution in [0.3, 0.4) is 0 Å². The van der Waals surface area contributed by atoms with Gasteiger partial charge in [-0.25, -0.2) is 9.78 Å². The number of carbonyl (C=O) groups excluding carboxylic acids is 2. The highest BCUT2D eigenvalue weighted by atomic mass is 16.5. The molecule has 2 aromatic rings. The van der Waals surface area contributed by atoms with Crippen molar-refractivity contribution in [3.05, 3.63) is 59.8 Å². The third-order valence-electron chi connectivity index (χ3n) is 6.38. The van der Waals surface area contributed by atoms with Crippen molar-refractivity contribution in [1.82, 2.24) is 20.9 Å². The van der Waals surface area contributed by atoms with Gasteiger partial charge in [0.05, 0.1) is 0 Å². The molecule has 2 saturated carbocycles. The molecule has 32 heavy (non-hydrogen) atoms. The van der Waals surface area contributed by atoms with E-state index in [1.54, 1.807) is 6.20 Å². The maximum absolute atomic E-state index is 13.0. The summed E-state index contributed by atoms with van der Waals surface area (Å²) in [5.74, 6) is 0.493. The molecular weight excluding hydrogens is 404 g/mol. The van der Waals surface area contributed by atoms with Crippen molar-refractivity contribution >= 4 is 11.9 Å². The van der Waals surface area contributed by atoms with E-state index in [2.05, 4.69) is 20.9 Å². The molecule has 3 N–H and O–H groups in total. The van der Waals surface area contributed by atoms with E-state index in [0.29, 0.717) is 31.8 Å². The van der Waals surface area contributed by atoms with Gasteiger partial charge in [0.25, 0.3) is 0 Å². The molecule has 7 nitrogen and oxygen atoms in total. The lowest BCUT2D eigenvalue weighted by molar-refractivity contribution is -0.127. The summed E-state index contributed by atoms with van der Waals surface area (Å²) in [5, 5.41) is 8.80. The van der Waals surface area contributed by atoms with Crippen molar-refractivity contribution in [3.8, 4) is 5.88 Å². The van der Waals surface area contributed by atoms with Crippen molar-refractivity contribution < 1.29 is 14.3 Å². The Morgan fingerprint density at radius 2 is 1.62 bits per heavy atom. The van der Waals surface area contributed by atoms with E-state index in [0.717, 1.165) is 36.8 Å². The maximum Gasteiger partial charge on any atom is 0.315 e. The molecule has 0 unspecified atom stereocenters. The second kappa shape index (κ2) is 10.5. The molecule has 170 valence electrons. The lowest BCUT2D eigenvalue weighted by Crippen LogP contribution is -2.59. The number of nitrogens with zero attached hydrogens (tertiary/aromatic N) is 1. The number of urea groups is 1. The SMILES string of the molecule is O=C(NCc1ccccc1)NC1(C(=O)NCc2ccc(OC3CCCC3)nc2)CCCC1. The number of rotatable bonds is 8. The molecule has 1 aromatic heterocycles. The summed E-state index contributed by atoms with van der Waals surface area (Å²) in [7, 11) is 0. The fourth-order valence-electron chi connectivity index (χ4n) is 4.54. The topological polar surface area (TPSA) is 92.4 Å². The van der Waals surface area contributed by atoms with Gasteiger partial charge >= 0.3 is 6.03 Å². The number of benzene rings is 1. The number of amides is 3. The van der Waals surface area contributed by atoms with Gasteiger partial charge in [0, 0.05) is 25.4 Å². The zero-order chi connectivity index (χ0) is 22.2. The Morgan fingerprint density at radius 3 is 2.31 bits per heavy atom. The highest BCUT2D eigenvalue weighted by Gasteiger charge is 2.42. The maximum atomic E-state index is 13.0. The van der Waals surface area contributed by atoms with Crippen LogP contribution in [0.4, 0.5) is 4.79 Å². The first-order chi connectivity index (χ1) is 15.6. The van der Waals surface area contributed by atoms with E-state index in [-0.39, 0.29) is 18.0 Å². The van der Waals surface area contributed by atoms with Crippen LogP contribution >= 0.6 is 0 Å². The molecule has 0 radical (unpaired) electrons.